The van der Waals surface area contributed by atoms with Crippen LogP contribution in [0.1, 0.15) is 39.5 Å². The highest BCUT2D eigenvalue weighted by atomic mass is 15.2. The van der Waals surface area contributed by atoms with E-state index in [9.17, 15) is 0 Å². The van der Waals surface area contributed by atoms with Crippen molar-refractivity contribution in [1.82, 2.24) is 20.4 Å². The summed E-state index contributed by atoms with van der Waals surface area (Å²) in [5.41, 5.74) is 0. The summed E-state index contributed by atoms with van der Waals surface area (Å²) in [6.45, 7) is 12.7. The second kappa shape index (κ2) is 11.7. The molecule has 22 heavy (non-hydrogen) atoms. The minimum absolute atomic E-state index is 0.784. The molecular formula is C17H37N5. The number of hydrogen-bond donors (Lipinski definition) is 2. The van der Waals surface area contributed by atoms with E-state index >= 15 is 0 Å². The summed E-state index contributed by atoms with van der Waals surface area (Å²) in [5, 5.41) is 6.81. The van der Waals surface area contributed by atoms with Crippen LogP contribution < -0.4 is 10.6 Å². The molecule has 1 fully saturated rings. The standard InChI is InChI=1S/C17H37N5/c1-16(2)8-7-10-20-17(18-3)19-9-5-6-11-22-14-12-21(4)13-15-22/h16H,5-15H2,1-4H3,(H2,18,19,20). The first-order chi connectivity index (χ1) is 10.6. The van der Waals surface area contributed by atoms with Crippen molar-refractivity contribution in [2.45, 2.75) is 39.5 Å². The third-order valence-corrected chi connectivity index (χ3v) is 4.26. The number of guanidine groups is 1. The van der Waals surface area contributed by atoms with Gasteiger partial charge in [-0.15, -0.1) is 0 Å². The lowest BCUT2D eigenvalue weighted by atomic mass is 10.1. The molecule has 0 aromatic heterocycles. The molecule has 0 atom stereocenters. The molecule has 1 heterocycles. The molecule has 5 nitrogen and oxygen atoms in total. The van der Waals surface area contributed by atoms with Crippen molar-refractivity contribution in [3.63, 3.8) is 0 Å². The Morgan fingerprint density at radius 1 is 1.00 bits per heavy atom. The lowest BCUT2D eigenvalue weighted by molar-refractivity contribution is 0.152. The summed E-state index contributed by atoms with van der Waals surface area (Å²) in [6, 6.07) is 0. The SMILES string of the molecule is CN=C(NCCCCN1CCN(C)CC1)NCCCC(C)C. The predicted molar refractivity (Wildman–Crippen MR) is 96.6 cm³/mol. The summed E-state index contributed by atoms with van der Waals surface area (Å²) in [4.78, 5) is 9.27. The third-order valence-electron chi connectivity index (χ3n) is 4.26. The van der Waals surface area contributed by atoms with Gasteiger partial charge in [0.1, 0.15) is 0 Å². The van der Waals surface area contributed by atoms with Crippen molar-refractivity contribution >= 4 is 5.96 Å². The molecule has 0 spiro atoms. The van der Waals surface area contributed by atoms with E-state index < -0.39 is 0 Å². The van der Waals surface area contributed by atoms with Crippen LogP contribution in [-0.4, -0.2) is 75.7 Å². The zero-order valence-electron chi connectivity index (χ0n) is 15.2. The van der Waals surface area contributed by atoms with Crippen molar-refractivity contribution in [3.8, 4) is 0 Å². The van der Waals surface area contributed by atoms with Gasteiger partial charge < -0.3 is 20.4 Å². The molecular weight excluding hydrogens is 274 g/mol. The van der Waals surface area contributed by atoms with Crippen molar-refractivity contribution in [1.29, 1.82) is 0 Å². The molecule has 0 amide bonds. The lowest BCUT2D eigenvalue weighted by Crippen LogP contribution is -2.44. The Hall–Kier alpha value is -0.810. The number of nitrogens with one attached hydrogen (secondary N) is 2. The molecule has 0 unspecified atom stereocenters. The number of likely N-dealkylation sites (N-methyl/N-ethyl adjacent to an activating group) is 1. The molecule has 1 rings (SSSR count). The number of rotatable bonds is 9. The van der Waals surface area contributed by atoms with Crippen LogP contribution in [0.25, 0.3) is 0 Å². The van der Waals surface area contributed by atoms with Crippen LogP contribution in [0.5, 0.6) is 0 Å². The second-order valence-corrected chi connectivity index (χ2v) is 6.81. The van der Waals surface area contributed by atoms with E-state index in [-0.39, 0.29) is 0 Å². The minimum atomic E-state index is 0.784. The lowest BCUT2D eigenvalue weighted by Gasteiger charge is -2.32. The van der Waals surface area contributed by atoms with Crippen LogP contribution in [0.2, 0.25) is 0 Å². The summed E-state index contributed by atoms with van der Waals surface area (Å²) >= 11 is 0. The normalized spacial score (nSPS) is 18.0. The smallest absolute Gasteiger partial charge is 0.190 e. The van der Waals surface area contributed by atoms with E-state index in [1.807, 2.05) is 7.05 Å². The zero-order chi connectivity index (χ0) is 16.2. The molecule has 0 saturated carbocycles. The third kappa shape index (κ3) is 9.26. The summed E-state index contributed by atoms with van der Waals surface area (Å²) in [5.74, 6) is 1.73. The fourth-order valence-electron chi connectivity index (χ4n) is 2.68. The van der Waals surface area contributed by atoms with Crippen LogP contribution in [0.3, 0.4) is 0 Å². The molecule has 0 aromatic carbocycles. The van der Waals surface area contributed by atoms with Crippen LogP contribution in [-0.2, 0) is 0 Å². The Kier molecular flexibility index (Phi) is 10.2. The Balaban J connectivity index is 1.97. The average Bonchev–Trinajstić information content (AvgIpc) is 2.50. The summed E-state index contributed by atoms with van der Waals surface area (Å²) in [7, 11) is 4.06. The molecule has 1 saturated heterocycles. The van der Waals surface area contributed by atoms with Gasteiger partial charge in [0.25, 0.3) is 0 Å². The fraction of sp³-hybridized carbons (Fsp3) is 0.941. The monoisotopic (exact) mass is 311 g/mol. The van der Waals surface area contributed by atoms with Gasteiger partial charge in [0, 0.05) is 46.3 Å². The maximum atomic E-state index is 4.28. The number of unbranched alkanes of at least 4 members (excludes halogenated alkanes) is 1. The summed E-state index contributed by atoms with van der Waals surface area (Å²) < 4.78 is 0. The number of piperazine rings is 1. The molecule has 0 bridgehead atoms. The van der Waals surface area contributed by atoms with Gasteiger partial charge in [-0.05, 0) is 45.2 Å². The molecule has 0 aliphatic carbocycles. The Morgan fingerprint density at radius 3 is 2.23 bits per heavy atom. The second-order valence-electron chi connectivity index (χ2n) is 6.81. The van der Waals surface area contributed by atoms with Gasteiger partial charge in [-0.3, -0.25) is 4.99 Å². The first kappa shape index (κ1) is 19.2. The van der Waals surface area contributed by atoms with Crippen LogP contribution in [0.4, 0.5) is 0 Å². The molecule has 130 valence electrons. The largest absolute Gasteiger partial charge is 0.356 e. The van der Waals surface area contributed by atoms with E-state index in [4.69, 9.17) is 0 Å². The molecule has 1 aliphatic rings. The molecule has 2 N–H and O–H groups in total. The molecule has 5 heteroatoms. The Bertz CT molecular complexity index is 295. The van der Waals surface area contributed by atoms with Gasteiger partial charge in [0.15, 0.2) is 5.96 Å². The maximum absolute atomic E-state index is 4.28. The van der Waals surface area contributed by atoms with Gasteiger partial charge in [0.2, 0.25) is 0 Å². The first-order valence-electron chi connectivity index (χ1n) is 8.97. The molecule has 0 aromatic rings. The average molecular weight is 312 g/mol. The highest BCUT2D eigenvalue weighted by Gasteiger charge is 2.12. The van der Waals surface area contributed by atoms with Crippen LogP contribution >= 0.6 is 0 Å². The fourth-order valence-corrected chi connectivity index (χ4v) is 2.68. The van der Waals surface area contributed by atoms with E-state index in [2.05, 4.69) is 46.3 Å². The zero-order valence-corrected chi connectivity index (χ0v) is 15.2. The van der Waals surface area contributed by atoms with E-state index in [0.717, 1.165) is 25.0 Å². The molecule has 0 radical (unpaired) electrons. The number of nitrogens with zero attached hydrogens (tertiary/aromatic N) is 3. The van der Waals surface area contributed by atoms with Gasteiger partial charge in [0.05, 0.1) is 0 Å². The predicted octanol–water partition coefficient (Wildman–Crippen LogP) is 1.62. The van der Waals surface area contributed by atoms with Gasteiger partial charge in [-0.2, -0.15) is 0 Å². The van der Waals surface area contributed by atoms with Crippen molar-refractivity contribution < 1.29 is 0 Å². The van der Waals surface area contributed by atoms with Crippen molar-refractivity contribution in [2.24, 2.45) is 10.9 Å². The van der Waals surface area contributed by atoms with E-state index in [0.29, 0.717) is 0 Å². The number of hydrogen-bond acceptors (Lipinski definition) is 3. The molecule has 1 aliphatic heterocycles. The van der Waals surface area contributed by atoms with Gasteiger partial charge >= 0.3 is 0 Å². The maximum Gasteiger partial charge on any atom is 0.190 e. The Morgan fingerprint density at radius 2 is 1.64 bits per heavy atom. The first-order valence-corrected chi connectivity index (χ1v) is 8.97. The van der Waals surface area contributed by atoms with Crippen molar-refractivity contribution in [3.05, 3.63) is 0 Å². The van der Waals surface area contributed by atoms with Crippen LogP contribution in [0, 0.1) is 5.92 Å². The summed E-state index contributed by atoms with van der Waals surface area (Å²) in [6.07, 6.45) is 4.96. The highest BCUT2D eigenvalue weighted by molar-refractivity contribution is 5.79. The quantitative estimate of drug-likeness (QED) is 0.386. The van der Waals surface area contributed by atoms with E-state index in [1.54, 1.807) is 0 Å². The number of aliphatic imine (C=N–C) groups is 1. The Labute approximate surface area is 137 Å². The minimum Gasteiger partial charge on any atom is -0.356 e. The topological polar surface area (TPSA) is 42.9 Å². The van der Waals surface area contributed by atoms with Crippen LogP contribution in [0.15, 0.2) is 4.99 Å². The van der Waals surface area contributed by atoms with Gasteiger partial charge in [-0.1, -0.05) is 13.8 Å². The van der Waals surface area contributed by atoms with Gasteiger partial charge in [-0.25, -0.2) is 0 Å². The van der Waals surface area contributed by atoms with E-state index in [1.165, 1.54) is 58.4 Å². The van der Waals surface area contributed by atoms with Crippen molar-refractivity contribution in [2.75, 3.05) is 59.9 Å². The highest BCUT2D eigenvalue weighted by Crippen LogP contribution is 2.02.